The first kappa shape index (κ1) is 15.8. The fourth-order valence-corrected chi connectivity index (χ4v) is 0.853. The van der Waals surface area contributed by atoms with Crippen LogP contribution < -0.4 is 0 Å². The third-order valence-electron chi connectivity index (χ3n) is 1.59. The molecule has 0 radical (unpaired) electrons. The van der Waals surface area contributed by atoms with Gasteiger partial charge in [-0.25, -0.2) is 0 Å². The lowest BCUT2D eigenvalue weighted by molar-refractivity contribution is -0.152. The van der Waals surface area contributed by atoms with Gasteiger partial charge >= 0.3 is 11.9 Å². The number of carboxylic acid groups (broad SMARTS) is 1. The van der Waals surface area contributed by atoms with Crippen LogP contribution in [0.1, 0.15) is 6.42 Å². The lowest BCUT2D eigenvalue weighted by Crippen LogP contribution is -2.15. The number of rotatable bonds is 11. The van der Waals surface area contributed by atoms with Gasteiger partial charge in [-0.1, -0.05) is 0 Å². The van der Waals surface area contributed by atoms with E-state index in [4.69, 9.17) is 19.3 Å². The zero-order valence-electron chi connectivity index (χ0n) is 9.85. The summed E-state index contributed by atoms with van der Waals surface area (Å²) in [4.78, 5) is 20.9. The Labute approximate surface area is 99.6 Å². The molecule has 0 unspecified atom stereocenters. The van der Waals surface area contributed by atoms with Gasteiger partial charge in [0, 0.05) is 7.11 Å². The highest BCUT2D eigenvalue weighted by molar-refractivity contribution is 5.90. The van der Waals surface area contributed by atoms with Gasteiger partial charge in [0.15, 0.2) is 0 Å². The van der Waals surface area contributed by atoms with Crippen molar-refractivity contribution in [1.29, 1.82) is 0 Å². The van der Waals surface area contributed by atoms with Gasteiger partial charge in [-0.3, -0.25) is 9.59 Å². The van der Waals surface area contributed by atoms with Crippen LogP contribution in [-0.2, 0) is 28.5 Å². The molecule has 1 N–H and O–H groups in total. The van der Waals surface area contributed by atoms with E-state index < -0.39 is 18.4 Å². The van der Waals surface area contributed by atoms with Crippen LogP contribution in [0.5, 0.6) is 0 Å². The molecule has 0 saturated heterocycles. The molecule has 0 atom stereocenters. The van der Waals surface area contributed by atoms with Crippen molar-refractivity contribution >= 4 is 11.9 Å². The molecule has 0 bridgehead atoms. The molecule has 0 amide bonds. The van der Waals surface area contributed by atoms with E-state index in [2.05, 4.69) is 4.74 Å². The van der Waals surface area contributed by atoms with Gasteiger partial charge < -0.3 is 24.1 Å². The summed E-state index contributed by atoms with van der Waals surface area (Å²) < 4.78 is 19.6. The lowest BCUT2D eigenvalue weighted by Gasteiger charge is -2.06. The number of carbonyl (C=O) groups is 2. The number of hydrogen-bond acceptors (Lipinski definition) is 6. The van der Waals surface area contributed by atoms with Crippen molar-refractivity contribution in [3.05, 3.63) is 0 Å². The predicted molar refractivity (Wildman–Crippen MR) is 56.7 cm³/mol. The van der Waals surface area contributed by atoms with Crippen molar-refractivity contribution in [1.82, 2.24) is 0 Å². The van der Waals surface area contributed by atoms with Gasteiger partial charge in [0.1, 0.15) is 13.0 Å². The maximum Gasteiger partial charge on any atom is 0.317 e. The van der Waals surface area contributed by atoms with Crippen molar-refractivity contribution in [2.75, 3.05) is 46.8 Å². The minimum absolute atomic E-state index is 0.0458. The molecular weight excluding hydrogens is 232 g/mol. The molecule has 0 aliphatic rings. The van der Waals surface area contributed by atoms with Gasteiger partial charge in [-0.05, 0) is 0 Å². The Kier molecular flexibility index (Phi) is 10.5. The van der Waals surface area contributed by atoms with Crippen molar-refractivity contribution in [3.63, 3.8) is 0 Å². The molecule has 0 saturated carbocycles. The largest absolute Gasteiger partial charge is 0.481 e. The highest BCUT2D eigenvalue weighted by Crippen LogP contribution is 1.87. The van der Waals surface area contributed by atoms with Crippen LogP contribution in [0.25, 0.3) is 0 Å². The van der Waals surface area contributed by atoms with E-state index in [0.717, 1.165) is 0 Å². The average molecular weight is 250 g/mol. The summed E-state index contributed by atoms with van der Waals surface area (Å²) in [6.07, 6.45) is -0.625. The lowest BCUT2D eigenvalue weighted by atomic mass is 10.4. The monoisotopic (exact) mass is 250 g/mol. The van der Waals surface area contributed by atoms with Gasteiger partial charge in [0.25, 0.3) is 0 Å². The van der Waals surface area contributed by atoms with Gasteiger partial charge in [-0.2, -0.15) is 0 Å². The number of carbonyl (C=O) groups excluding carboxylic acids is 1. The predicted octanol–water partition coefficient (Wildman–Crippen LogP) is -0.316. The van der Waals surface area contributed by atoms with Crippen LogP contribution in [0, 0.1) is 0 Å². The minimum atomic E-state index is -1.21. The Morgan fingerprint density at radius 1 is 0.941 bits per heavy atom. The Balaban J connectivity index is 3.13. The standard InChI is InChI=1S/C10H18O7/c1-14-2-3-15-4-5-16-6-7-17-10(13)8-9(11)12/h2-8H2,1H3,(H,11,12). The summed E-state index contributed by atoms with van der Waals surface area (Å²) in [7, 11) is 1.59. The normalized spacial score (nSPS) is 10.2. The smallest absolute Gasteiger partial charge is 0.317 e. The second-order valence-corrected chi connectivity index (χ2v) is 3.01. The highest BCUT2D eigenvalue weighted by atomic mass is 16.6. The molecule has 0 rings (SSSR count). The van der Waals surface area contributed by atoms with Crippen LogP contribution in [0.15, 0.2) is 0 Å². The van der Waals surface area contributed by atoms with E-state index in [1.807, 2.05) is 0 Å². The van der Waals surface area contributed by atoms with Crippen molar-refractivity contribution < 1.29 is 33.6 Å². The second-order valence-electron chi connectivity index (χ2n) is 3.01. The number of ether oxygens (including phenoxy) is 4. The van der Waals surface area contributed by atoms with Crippen LogP contribution in [-0.4, -0.2) is 63.8 Å². The Hall–Kier alpha value is -1.18. The fourth-order valence-electron chi connectivity index (χ4n) is 0.853. The van der Waals surface area contributed by atoms with E-state index in [0.29, 0.717) is 26.4 Å². The zero-order chi connectivity index (χ0) is 12.9. The number of aliphatic carboxylic acids is 1. The molecule has 0 aromatic heterocycles. The maximum absolute atomic E-state index is 10.8. The molecule has 0 aromatic rings. The van der Waals surface area contributed by atoms with E-state index in [1.54, 1.807) is 7.11 Å². The van der Waals surface area contributed by atoms with Crippen molar-refractivity contribution in [2.45, 2.75) is 6.42 Å². The van der Waals surface area contributed by atoms with Crippen LogP contribution in [0.2, 0.25) is 0 Å². The summed E-state index contributed by atoms with van der Waals surface area (Å²) in [5.74, 6) is -1.97. The number of esters is 1. The minimum Gasteiger partial charge on any atom is -0.481 e. The number of hydrogen-bond donors (Lipinski definition) is 1. The zero-order valence-corrected chi connectivity index (χ0v) is 9.85. The van der Waals surface area contributed by atoms with E-state index >= 15 is 0 Å². The molecule has 0 heterocycles. The fraction of sp³-hybridized carbons (Fsp3) is 0.800. The average Bonchev–Trinajstić information content (AvgIpc) is 2.26. The molecule has 0 fully saturated rings. The molecule has 7 nitrogen and oxygen atoms in total. The maximum atomic E-state index is 10.8. The Bertz CT molecular complexity index is 217. The summed E-state index contributed by atoms with van der Waals surface area (Å²) in [5.41, 5.74) is 0. The molecule has 0 aromatic carbocycles. The Morgan fingerprint density at radius 2 is 1.47 bits per heavy atom. The first-order valence-corrected chi connectivity index (χ1v) is 5.18. The van der Waals surface area contributed by atoms with Crippen LogP contribution >= 0.6 is 0 Å². The molecule has 100 valence electrons. The second kappa shape index (κ2) is 11.3. The first-order valence-electron chi connectivity index (χ1n) is 5.18. The number of carboxylic acids is 1. The van der Waals surface area contributed by atoms with Gasteiger partial charge in [0.2, 0.25) is 0 Å². The molecule has 0 aliphatic heterocycles. The summed E-state index contributed by atoms with van der Waals surface area (Å²) in [6, 6.07) is 0. The summed E-state index contributed by atoms with van der Waals surface area (Å²) in [5, 5.41) is 8.27. The van der Waals surface area contributed by atoms with Crippen molar-refractivity contribution in [2.24, 2.45) is 0 Å². The summed E-state index contributed by atoms with van der Waals surface area (Å²) in [6.45, 7) is 2.13. The summed E-state index contributed by atoms with van der Waals surface area (Å²) >= 11 is 0. The van der Waals surface area contributed by atoms with Crippen LogP contribution in [0.4, 0.5) is 0 Å². The quantitative estimate of drug-likeness (QED) is 0.305. The molecule has 0 spiro atoms. The highest BCUT2D eigenvalue weighted by Gasteiger charge is 2.07. The first-order chi connectivity index (χ1) is 8.16. The Morgan fingerprint density at radius 3 is 2.00 bits per heavy atom. The molecule has 17 heavy (non-hydrogen) atoms. The molecular formula is C10H18O7. The van der Waals surface area contributed by atoms with Crippen LogP contribution in [0.3, 0.4) is 0 Å². The van der Waals surface area contributed by atoms with Crippen molar-refractivity contribution in [3.8, 4) is 0 Å². The molecule has 0 aliphatic carbocycles. The van der Waals surface area contributed by atoms with Gasteiger partial charge in [-0.15, -0.1) is 0 Å². The molecule has 7 heteroatoms. The van der Waals surface area contributed by atoms with E-state index in [1.165, 1.54) is 0 Å². The number of methoxy groups -OCH3 is 1. The van der Waals surface area contributed by atoms with E-state index in [-0.39, 0.29) is 13.2 Å². The third kappa shape index (κ3) is 12.8. The third-order valence-corrected chi connectivity index (χ3v) is 1.59. The topological polar surface area (TPSA) is 91.3 Å². The SMILES string of the molecule is COCCOCCOCCOC(=O)CC(=O)O. The van der Waals surface area contributed by atoms with Gasteiger partial charge in [0.05, 0.1) is 33.0 Å². The van der Waals surface area contributed by atoms with E-state index in [9.17, 15) is 9.59 Å².